The van der Waals surface area contributed by atoms with E-state index in [2.05, 4.69) is 65.7 Å². The number of aryl methyl sites for hydroxylation is 1. The Balaban J connectivity index is 1.47. The van der Waals surface area contributed by atoms with Gasteiger partial charge in [0, 0.05) is 31.2 Å². The molecule has 2 bridgehead atoms. The zero-order chi connectivity index (χ0) is 17.1. The van der Waals surface area contributed by atoms with Crippen LogP contribution in [-0.4, -0.2) is 30.6 Å². The number of hydrogen-bond donors (Lipinski definition) is 1. The molecule has 3 fully saturated rings. The maximum Gasteiger partial charge on any atom is 0.124 e. The van der Waals surface area contributed by atoms with Gasteiger partial charge in [0.25, 0.3) is 0 Å². The topological polar surface area (TPSA) is 24.5 Å². The highest BCUT2D eigenvalue weighted by Gasteiger charge is 2.31. The van der Waals surface area contributed by atoms with Crippen LogP contribution in [0.3, 0.4) is 0 Å². The van der Waals surface area contributed by atoms with Crippen LogP contribution in [0.2, 0.25) is 0 Å². The maximum absolute atomic E-state index is 6.21. The number of benzene rings is 2. The molecule has 2 atom stereocenters. The third-order valence-electron chi connectivity index (χ3n) is 5.72. The molecule has 3 heterocycles. The molecule has 0 amide bonds. The molecule has 3 aliphatic heterocycles. The third-order valence-corrected chi connectivity index (χ3v) is 5.72. The smallest absolute Gasteiger partial charge is 0.124 e. The van der Waals surface area contributed by atoms with Gasteiger partial charge in [-0.2, -0.15) is 0 Å². The first-order valence-electron chi connectivity index (χ1n) is 9.49. The summed E-state index contributed by atoms with van der Waals surface area (Å²) < 4.78 is 6.21. The Morgan fingerprint density at radius 2 is 1.80 bits per heavy atom. The van der Waals surface area contributed by atoms with E-state index in [4.69, 9.17) is 4.74 Å². The number of rotatable bonds is 5. The van der Waals surface area contributed by atoms with Gasteiger partial charge in [0.05, 0.1) is 0 Å². The molecule has 3 nitrogen and oxygen atoms in total. The Kier molecular flexibility index (Phi) is 5.04. The zero-order valence-electron chi connectivity index (χ0n) is 15.1. The number of fused-ring (bicyclic) bond motifs is 4. The van der Waals surface area contributed by atoms with Gasteiger partial charge >= 0.3 is 0 Å². The van der Waals surface area contributed by atoms with Crippen LogP contribution in [0, 0.1) is 12.8 Å². The number of nitrogens with zero attached hydrogens (tertiary/aromatic N) is 1. The fraction of sp³-hybridized carbons (Fsp3) is 0.455. The molecule has 0 radical (unpaired) electrons. The van der Waals surface area contributed by atoms with Gasteiger partial charge in [0.1, 0.15) is 12.4 Å². The first kappa shape index (κ1) is 16.6. The molecule has 0 saturated carbocycles. The van der Waals surface area contributed by atoms with Crippen LogP contribution in [-0.2, 0) is 13.2 Å². The largest absolute Gasteiger partial charge is 0.489 e. The van der Waals surface area contributed by atoms with Gasteiger partial charge in [-0.3, -0.25) is 4.90 Å². The molecular formula is C22H28N2O. The Morgan fingerprint density at radius 1 is 1.00 bits per heavy atom. The monoisotopic (exact) mass is 336 g/mol. The molecular weight excluding hydrogens is 308 g/mol. The summed E-state index contributed by atoms with van der Waals surface area (Å²) in [6.45, 7) is 7.29. The van der Waals surface area contributed by atoms with E-state index < -0.39 is 0 Å². The standard InChI is InChI=1S/C22H28N2O/c1-17-6-2-3-8-20(17)16-25-22-9-5-4-7-19(22)15-24-14-18-10-11-21(24)13-23-12-18/h2-9,18,21,23H,10-16H2,1H3/t18-,21+/m0/s1. The highest BCUT2D eigenvalue weighted by molar-refractivity contribution is 5.34. The quantitative estimate of drug-likeness (QED) is 0.900. The van der Waals surface area contributed by atoms with Crippen LogP contribution < -0.4 is 10.1 Å². The summed E-state index contributed by atoms with van der Waals surface area (Å²) >= 11 is 0. The number of para-hydroxylation sites is 1. The molecule has 132 valence electrons. The molecule has 3 aliphatic rings. The highest BCUT2D eigenvalue weighted by Crippen LogP contribution is 2.28. The molecule has 0 aliphatic carbocycles. The van der Waals surface area contributed by atoms with E-state index in [9.17, 15) is 0 Å². The van der Waals surface area contributed by atoms with E-state index in [0.29, 0.717) is 12.6 Å². The predicted octanol–water partition coefficient (Wildman–Crippen LogP) is 3.76. The summed E-state index contributed by atoms with van der Waals surface area (Å²) in [4.78, 5) is 2.66. The van der Waals surface area contributed by atoms with Gasteiger partial charge in [0.15, 0.2) is 0 Å². The van der Waals surface area contributed by atoms with Crippen molar-refractivity contribution in [3.05, 3.63) is 65.2 Å². The molecule has 0 unspecified atom stereocenters. The lowest BCUT2D eigenvalue weighted by molar-refractivity contribution is 0.124. The molecule has 2 aromatic carbocycles. The summed E-state index contributed by atoms with van der Waals surface area (Å²) in [6, 6.07) is 17.7. The van der Waals surface area contributed by atoms with Crippen LogP contribution in [0.5, 0.6) is 5.75 Å². The second-order valence-electron chi connectivity index (χ2n) is 7.51. The minimum absolute atomic E-state index is 0.636. The molecule has 0 spiro atoms. The second kappa shape index (κ2) is 7.59. The van der Waals surface area contributed by atoms with Gasteiger partial charge in [-0.25, -0.2) is 0 Å². The van der Waals surface area contributed by atoms with Gasteiger partial charge in [0.2, 0.25) is 0 Å². The molecule has 5 rings (SSSR count). The molecule has 0 aromatic heterocycles. The molecule has 3 heteroatoms. The molecule has 25 heavy (non-hydrogen) atoms. The summed E-state index contributed by atoms with van der Waals surface area (Å²) in [5, 5.41) is 3.62. The van der Waals surface area contributed by atoms with Crippen molar-refractivity contribution in [2.45, 2.75) is 39.0 Å². The van der Waals surface area contributed by atoms with E-state index >= 15 is 0 Å². The van der Waals surface area contributed by atoms with Gasteiger partial charge in [-0.05, 0) is 49.4 Å². The summed E-state index contributed by atoms with van der Waals surface area (Å²) in [5.41, 5.74) is 3.86. The predicted molar refractivity (Wildman–Crippen MR) is 102 cm³/mol. The SMILES string of the molecule is Cc1ccccc1COc1ccccc1CN1C[C@H]2CC[C@@H]1CNC2. The number of ether oxygens (including phenoxy) is 1. The van der Waals surface area contributed by atoms with Crippen molar-refractivity contribution in [1.29, 1.82) is 0 Å². The van der Waals surface area contributed by atoms with E-state index in [-0.39, 0.29) is 0 Å². The Labute approximate surface area is 151 Å². The highest BCUT2D eigenvalue weighted by atomic mass is 16.5. The molecule has 2 aromatic rings. The van der Waals surface area contributed by atoms with E-state index in [0.717, 1.165) is 24.8 Å². The fourth-order valence-electron chi connectivity index (χ4n) is 4.15. The Hall–Kier alpha value is -1.84. The van der Waals surface area contributed by atoms with Crippen LogP contribution in [0.25, 0.3) is 0 Å². The Morgan fingerprint density at radius 3 is 2.68 bits per heavy atom. The Bertz CT molecular complexity index is 711. The molecule has 3 saturated heterocycles. The van der Waals surface area contributed by atoms with Gasteiger partial charge in [-0.1, -0.05) is 42.5 Å². The van der Waals surface area contributed by atoms with Gasteiger partial charge < -0.3 is 10.1 Å². The average Bonchev–Trinajstić information content (AvgIpc) is 2.98. The van der Waals surface area contributed by atoms with Crippen molar-refractivity contribution in [2.75, 3.05) is 19.6 Å². The lowest BCUT2D eigenvalue weighted by Crippen LogP contribution is -2.43. The lowest BCUT2D eigenvalue weighted by Gasteiger charge is -2.36. The van der Waals surface area contributed by atoms with Crippen LogP contribution in [0.4, 0.5) is 0 Å². The average molecular weight is 336 g/mol. The fourth-order valence-corrected chi connectivity index (χ4v) is 4.15. The van der Waals surface area contributed by atoms with Crippen molar-refractivity contribution in [1.82, 2.24) is 10.2 Å². The summed E-state index contributed by atoms with van der Waals surface area (Å²) in [5.74, 6) is 1.83. The summed E-state index contributed by atoms with van der Waals surface area (Å²) in [7, 11) is 0. The second-order valence-corrected chi connectivity index (χ2v) is 7.51. The van der Waals surface area contributed by atoms with Crippen molar-refractivity contribution in [3.8, 4) is 5.75 Å². The minimum Gasteiger partial charge on any atom is -0.489 e. The summed E-state index contributed by atoms with van der Waals surface area (Å²) in [6.07, 6.45) is 2.70. The minimum atomic E-state index is 0.636. The first-order chi connectivity index (χ1) is 12.3. The third kappa shape index (κ3) is 3.88. The van der Waals surface area contributed by atoms with Crippen LogP contribution >= 0.6 is 0 Å². The zero-order valence-corrected chi connectivity index (χ0v) is 15.1. The normalized spacial score (nSPS) is 23.4. The van der Waals surface area contributed by atoms with Crippen molar-refractivity contribution in [2.24, 2.45) is 5.92 Å². The van der Waals surface area contributed by atoms with Crippen LogP contribution in [0.15, 0.2) is 48.5 Å². The van der Waals surface area contributed by atoms with Crippen molar-refractivity contribution < 1.29 is 4.74 Å². The van der Waals surface area contributed by atoms with Crippen molar-refractivity contribution in [3.63, 3.8) is 0 Å². The van der Waals surface area contributed by atoms with Crippen molar-refractivity contribution >= 4 is 0 Å². The number of piperidine rings is 1. The maximum atomic E-state index is 6.21. The number of hydrogen-bond acceptors (Lipinski definition) is 3. The first-order valence-corrected chi connectivity index (χ1v) is 9.49. The number of nitrogens with one attached hydrogen (secondary N) is 1. The lowest BCUT2D eigenvalue weighted by atomic mass is 9.94. The van der Waals surface area contributed by atoms with E-state index in [1.54, 1.807) is 0 Å². The van der Waals surface area contributed by atoms with E-state index in [1.165, 1.54) is 42.6 Å². The molecule has 1 N–H and O–H groups in total. The van der Waals surface area contributed by atoms with Gasteiger partial charge in [-0.15, -0.1) is 0 Å². The van der Waals surface area contributed by atoms with Crippen LogP contribution in [0.1, 0.15) is 29.5 Å². The van der Waals surface area contributed by atoms with E-state index in [1.807, 2.05) is 0 Å².